The summed E-state index contributed by atoms with van der Waals surface area (Å²) in [6.45, 7) is 0. The second kappa shape index (κ2) is 5.75. The van der Waals surface area contributed by atoms with Crippen LogP contribution in [0.25, 0.3) is 0 Å². The van der Waals surface area contributed by atoms with E-state index in [1.54, 1.807) is 0 Å². The molecule has 1 fully saturated rings. The molecule has 0 aliphatic heterocycles. The minimum absolute atomic E-state index is 0.00558. The maximum atomic E-state index is 12.1. The van der Waals surface area contributed by atoms with E-state index in [1.165, 1.54) is 0 Å². The summed E-state index contributed by atoms with van der Waals surface area (Å²) in [6.07, 6.45) is 2.81. The predicted molar refractivity (Wildman–Crippen MR) is 75.0 cm³/mol. The molecule has 0 aromatic heterocycles. The van der Waals surface area contributed by atoms with Crippen LogP contribution >= 0.6 is 0 Å². The highest BCUT2D eigenvalue weighted by molar-refractivity contribution is 5.94. The van der Waals surface area contributed by atoms with Crippen LogP contribution in [0, 0.1) is 17.2 Å². The number of hydrogen-bond acceptors (Lipinski definition) is 3. The van der Waals surface area contributed by atoms with Crippen LogP contribution in [0.5, 0.6) is 0 Å². The van der Waals surface area contributed by atoms with Gasteiger partial charge >= 0.3 is 0 Å². The Labute approximate surface area is 114 Å². The van der Waals surface area contributed by atoms with E-state index in [0.717, 1.165) is 24.9 Å². The van der Waals surface area contributed by atoms with E-state index < -0.39 is 0 Å². The van der Waals surface area contributed by atoms with Gasteiger partial charge in [-0.2, -0.15) is 5.26 Å². The first kappa shape index (κ1) is 13.4. The minimum atomic E-state index is -0.0857. The van der Waals surface area contributed by atoms with Gasteiger partial charge in [-0.1, -0.05) is 0 Å². The lowest BCUT2D eigenvalue weighted by Crippen LogP contribution is -2.36. The third kappa shape index (κ3) is 3.05. The molecule has 0 radical (unpaired) electrons. The highest BCUT2D eigenvalue weighted by atomic mass is 16.1. The van der Waals surface area contributed by atoms with Crippen LogP contribution in [0.2, 0.25) is 0 Å². The average Bonchev–Trinajstić information content (AvgIpc) is 2.86. The van der Waals surface area contributed by atoms with Crippen molar-refractivity contribution in [3.05, 3.63) is 29.8 Å². The second-order valence-corrected chi connectivity index (χ2v) is 5.19. The number of carbonyl (C=O) groups is 1. The van der Waals surface area contributed by atoms with Crippen LogP contribution in [0.15, 0.2) is 24.3 Å². The van der Waals surface area contributed by atoms with Crippen LogP contribution < -0.4 is 10.2 Å². The van der Waals surface area contributed by atoms with Crippen molar-refractivity contribution in [3.8, 4) is 6.07 Å². The van der Waals surface area contributed by atoms with Gasteiger partial charge in [-0.15, -0.1) is 0 Å². The summed E-state index contributed by atoms with van der Waals surface area (Å²) in [4.78, 5) is 14.1. The zero-order valence-corrected chi connectivity index (χ0v) is 11.4. The molecule has 2 unspecified atom stereocenters. The number of benzene rings is 1. The molecule has 2 rings (SSSR count). The molecule has 1 aromatic rings. The first-order chi connectivity index (χ1) is 9.11. The van der Waals surface area contributed by atoms with Crippen molar-refractivity contribution in [2.75, 3.05) is 19.0 Å². The fraction of sp³-hybridized carbons (Fsp3) is 0.467. The summed E-state index contributed by atoms with van der Waals surface area (Å²) >= 11 is 0. The van der Waals surface area contributed by atoms with Gasteiger partial charge in [0.25, 0.3) is 5.91 Å². The zero-order chi connectivity index (χ0) is 13.8. The van der Waals surface area contributed by atoms with Crippen LogP contribution in [0.1, 0.15) is 29.6 Å². The van der Waals surface area contributed by atoms with Gasteiger partial charge in [0.2, 0.25) is 0 Å². The molecule has 0 bridgehead atoms. The standard InChI is InChI=1S/C15H19N3O/c1-18(2)13-8-6-11(7-9-13)15(19)17-14-5-3-4-12(14)10-16/h6-9,12,14H,3-5H2,1-2H3,(H,17,19). The maximum Gasteiger partial charge on any atom is 0.251 e. The number of nitrogens with zero attached hydrogens (tertiary/aromatic N) is 2. The van der Waals surface area contributed by atoms with E-state index in [0.29, 0.717) is 5.56 Å². The predicted octanol–water partition coefficient (Wildman–Crippen LogP) is 2.17. The van der Waals surface area contributed by atoms with Gasteiger partial charge in [0.1, 0.15) is 0 Å². The van der Waals surface area contributed by atoms with Crippen molar-refractivity contribution in [3.63, 3.8) is 0 Å². The molecule has 100 valence electrons. The first-order valence-corrected chi connectivity index (χ1v) is 6.59. The molecule has 1 amide bonds. The Morgan fingerprint density at radius 3 is 2.58 bits per heavy atom. The van der Waals surface area contributed by atoms with Gasteiger partial charge in [0, 0.05) is 31.4 Å². The van der Waals surface area contributed by atoms with E-state index in [9.17, 15) is 4.79 Å². The summed E-state index contributed by atoms with van der Waals surface area (Å²) < 4.78 is 0. The monoisotopic (exact) mass is 257 g/mol. The third-order valence-corrected chi connectivity index (χ3v) is 3.64. The Bertz CT molecular complexity index is 487. The summed E-state index contributed by atoms with van der Waals surface area (Å²) in [7, 11) is 3.93. The highest BCUT2D eigenvalue weighted by Gasteiger charge is 2.28. The van der Waals surface area contributed by atoms with Crippen molar-refractivity contribution in [1.82, 2.24) is 5.32 Å². The van der Waals surface area contributed by atoms with Crippen LogP contribution in [-0.2, 0) is 0 Å². The third-order valence-electron chi connectivity index (χ3n) is 3.64. The molecule has 4 nitrogen and oxygen atoms in total. The quantitative estimate of drug-likeness (QED) is 0.903. The normalized spacial score (nSPS) is 21.7. The number of nitrogens with one attached hydrogen (secondary N) is 1. The van der Waals surface area contributed by atoms with Crippen molar-refractivity contribution in [2.24, 2.45) is 5.92 Å². The van der Waals surface area contributed by atoms with Gasteiger partial charge in [-0.3, -0.25) is 4.79 Å². The SMILES string of the molecule is CN(C)c1ccc(C(=O)NC2CCCC2C#N)cc1. The number of nitriles is 1. The molecule has 0 heterocycles. The molecule has 0 spiro atoms. The molecule has 0 saturated heterocycles. The average molecular weight is 257 g/mol. The molecule has 1 N–H and O–H groups in total. The lowest BCUT2D eigenvalue weighted by Gasteiger charge is -2.16. The van der Waals surface area contributed by atoms with Crippen LogP contribution in [-0.4, -0.2) is 26.0 Å². The zero-order valence-electron chi connectivity index (χ0n) is 11.4. The van der Waals surface area contributed by atoms with Crippen molar-refractivity contribution < 1.29 is 4.79 Å². The van der Waals surface area contributed by atoms with Gasteiger partial charge in [-0.05, 0) is 43.5 Å². The molecule has 1 aliphatic carbocycles. The van der Waals surface area contributed by atoms with Crippen molar-refractivity contribution in [1.29, 1.82) is 5.26 Å². The fourth-order valence-electron chi connectivity index (χ4n) is 2.45. The molecule has 4 heteroatoms. The van der Waals surface area contributed by atoms with E-state index in [2.05, 4.69) is 11.4 Å². The Kier molecular flexibility index (Phi) is 4.06. The van der Waals surface area contributed by atoms with Crippen LogP contribution in [0.3, 0.4) is 0 Å². The van der Waals surface area contributed by atoms with Crippen molar-refractivity contribution >= 4 is 11.6 Å². The summed E-state index contributed by atoms with van der Waals surface area (Å²) in [5.41, 5.74) is 1.71. The molecule has 1 aromatic carbocycles. The number of anilines is 1. The van der Waals surface area contributed by atoms with E-state index in [4.69, 9.17) is 5.26 Å². The Hall–Kier alpha value is -2.02. The minimum Gasteiger partial charge on any atom is -0.378 e. The molecule has 19 heavy (non-hydrogen) atoms. The van der Waals surface area contributed by atoms with Gasteiger partial charge in [-0.25, -0.2) is 0 Å². The van der Waals surface area contributed by atoms with E-state index in [-0.39, 0.29) is 17.9 Å². The van der Waals surface area contributed by atoms with Gasteiger partial charge < -0.3 is 10.2 Å². The van der Waals surface area contributed by atoms with Gasteiger partial charge in [0.05, 0.1) is 12.0 Å². The highest BCUT2D eigenvalue weighted by Crippen LogP contribution is 2.25. The first-order valence-electron chi connectivity index (χ1n) is 6.59. The summed E-state index contributed by atoms with van der Waals surface area (Å²) in [5, 5.41) is 12.0. The number of rotatable bonds is 3. The molecule has 1 aliphatic rings. The Morgan fingerprint density at radius 1 is 1.32 bits per heavy atom. The smallest absolute Gasteiger partial charge is 0.251 e. The van der Waals surface area contributed by atoms with Crippen molar-refractivity contribution in [2.45, 2.75) is 25.3 Å². The number of amides is 1. The summed E-state index contributed by atoms with van der Waals surface area (Å²) in [5.74, 6) is -0.123. The fourth-order valence-corrected chi connectivity index (χ4v) is 2.45. The molecule has 2 atom stereocenters. The lowest BCUT2D eigenvalue weighted by atomic mass is 10.1. The summed E-state index contributed by atoms with van der Waals surface area (Å²) in [6, 6.07) is 9.76. The second-order valence-electron chi connectivity index (χ2n) is 5.19. The maximum absolute atomic E-state index is 12.1. The largest absolute Gasteiger partial charge is 0.378 e. The van der Waals surface area contributed by atoms with E-state index >= 15 is 0 Å². The lowest BCUT2D eigenvalue weighted by molar-refractivity contribution is 0.0933. The van der Waals surface area contributed by atoms with Gasteiger partial charge in [0.15, 0.2) is 0 Å². The van der Waals surface area contributed by atoms with E-state index in [1.807, 2.05) is 43.3 Å². The number of carbonyl (C=O) groups excluding carboxylic acids is 1. The topological polar surface area (TPSA) is 56.1 Å². The molecular weight excluding hydrogens is 238 g/mol. The van der Waals surface area contributed by atoms with Crippen LogP contribution in [0.4, 0.5) is 5.69 Å². The molecule has 1 saturated carbocycles. The Morgan fingerprint density at radius 2 is 2.00 bits per heavy atom. The molecular formula is C15H19N3O. The Balaban J connectivity index is 2.02. The number of hydrogen-bond donors (Lipinski definition) is 1.